The highest BCUT2D eigenvalue weighted by Gasteiger charge is 2.30. The quantitative estimate of drug-likeness (QED) is 0.166. The number of hydrogen-bond acceptors (Lipinski definition) is 4. The number of unbranched alkanes of at least 4 members (excludes halogenated alkanes) is 1. The number of benzene rings is 3. The predicted molar refractivity (Wildman–Crippen MR) is 151 cm³/mol. The van der Waals surface area contributed by atoms with Crippen LogP contribution in [0.25, 0.3) is 11.1 Å². The summed E-state index contributed by atoms with van der Waals surface area (Å²) in [5, 5.41) is 2.74. The van der Waals surface area contributed by atoms with E-state index in [1.165, 1.54) is 5.56 Å². The number of alkyl carbamates (subject to hydrolysis) is 1. The average Bonchev–Trinajstić information content (AvgIpc) is 3.26. The van der Waals surface area contributed by atoms with E-state index in [0.29, 0.717) is 6.42 Å². The Balaban J connectivity index is 1.36. The molecule has 1 aliphatic carbocycles. The maximum absolute atomic E-state index is 12.8. The van der Waals surface area contributed by atoms with Crippen LogP contribution < -0.4 is 5.32 Å². The summed E-state index contributed by atoms with van der Waals surface area (Å²) in [6, 6.07) is 23.7. The van der Waals surface area contributed by atoms with Gasteiger partial charge in [-0.25, -0.2) is 9.59 Å². The molecule has 3 aromatic rings. The minimum absolute atomic E-state index is 0.0472. The number of nitrogens with one attached hydrogen (secondary N) is 1. The van der Waals surface area contributed by atoms with Crippen LogP contribution in [0.15, 0.2) is 97.6 Å². The van der Waals surface area contributed by atoms with Crippen LogP contribution in [0.3, 0.4) is 0 Å². The standard InChI is InChI=1S/C33H35NO4/c1-3-5-6-7-8-13-24-18-20-25(21-19-24)22-31(32(35)37-4-2)34-33(36)38-23-30-28-16-11-9-14-26(28)27-15-10-12-17-29(27)30/h3,5-6,9-12,14-21,30-31H,1,4,7-8,13,22-23H2,2H3,(H,34,36)/b6-5+. The van der Waals surface area contributed by atoms with E-state index in [1.807, 2.05) is 42.5 Å². The van der Waals surface area contributed by atoms with Crippen LogP contribution in [0.2, 0.25) is 0 Å². The van der Waals surface area contributed by atoms with Crippen LogP contribution in [0, 0.1) is 0 Å². The number of fused-ring (bicyclic) bond motifs is 3. The molecular formula is C33H35NO4. The number of amides is 1. The maximum Gasteiger partial charge on any atom is 0.407 e. The third-order valence-electron chi connectivity index (χ3n) is 6.78. The van der Waals surface area contributed by atoms with Gasteiger partial charge in [-0.05, 0) is 59.6 Å². The number of hydrogen-bond donors (Lipinski definition) is 1. The Hall–Kier alpha value is -4.12. The van der Waals surface area contributed by atoms with Gasteiger partial charge in [-0.1, -0.05) is 97.6 Å². The second kappa shape index (κ2) is 13.4. The molecule has 0 aromatic heterocycles. The van der Waals surface area contributed by atoms with Crippen LogP contribution in [-0.4, -0.2) is 31.3 Å². The third-order valence-corrected chi connectivity index (χ3v) is 6.78. The van der Waals surface area contributed by atoms with Crippen LogP contribution in [0.1, 0.15) is 47.9 Å². The highest BCUT2D eigenvalue weighted by atomic mass is 16.6. The summed E-state index contributed by atoms with van der Waals surface area (Å²) < 4.78 is 10.9. The minimum Gasteiger partial charge on any atom is -0.464 e. The van der Waals surface area contributed by atoms with Crippen molar-refractivity contribution in [2.45, 2.75) is 44.6 Å². The number of carbonyl (C=O) groups excluding carboxylic acids is 2. The summed E-state index contributed by atoms with van der Waals surface area (Å²) in [7, 11) is 0. The van der Waals surface area contributed by atoms with Gasteiger partial charge in [0.25, 0.3) is 0 Å². The maximum atomic E-state index is 12.8. The van der Waals surface area contributed by atoms with E-state index in [9.17, 15) is 9.59 Å². The molecule has 0 saturated heterocycles. The Morgan fingerprint density at radius 3 is 2.18 bits per heavy atom. The van der Waals surface area contributed by atoms with Crippen molar-refractivity contribution in [3.8, 4) is 11.1 Å². The van der Waals surface area contributed by atoms with Crippen molar-refractivity contribution in [2.24, 2.45) is 0 Å². The molecule has 1 N–H and O–H groups in total. The molecule has 1 atom stereocenters. The molecule has 1 unspecified atom stereocenters. The van der Waals surface area contributed by atoms with Crippen LogP contribution >= 0.6 is 0 Å². The minimum atomic E-state index is -0.833. The Morgan fingerprint density at radius 2 is 1.55 bits per heavy atom. The van der Waals surface area contributed by atoms with Gasteiger partial charge in [-0.15, -0.1) is 0 Å². The zero-order valence-corrected chi connectivity index (χ0v) is 21.9. The average molecular weight is 510 g/mol. The number of aryl methyl sites for hydroxylation is 1. The van der Waals surface area contributed by atoms with E-state index in [2.05, 4.69) is 54.4 Å². The largest absolute Gasteiger partial charge is 0.464 e. The second-order valence-corrected chi connectivity index (χ2v) is 9.35. The van der Waals surface area contributed by atoms with E-state index >= 15 is 0 Å². The number of rotatable bonds is 12. The van der Waals surface area contributed by atoms with E-state index in [-0.39, 0.29) is 19.1 Å². The Kier molecular flexibility index (Phi) is 9.52. The van der Waals surface area contributed by atoms with Crippen molar-refractivity contribution in [3.63, 3.8) is 0 Å². The first-order valence-electron chi connectivity index (χ1n) is 13.2. The highest BCUT2D eigenvalue weighted by molar-refractivity contribution is 5.82. The molecule has 0 bridgehead atoms. The van der Waals surface area contributed by atoms with Crippen molar-refractivity contribution in [1.29, 1.82) is 0 Å². The second-order valence-electron chi connectivity index (χ2n) is 9.35. The Morgan fingerprint density at radius 1 is 0.921 bits per heavy atom. The Labute approximate surface area is 225 Å². The van der Waals surface area contributed by atoms with Crippen molar-refractivity contribution >= 4 is 12.1 Å². The fourth-order valence-electron chi connectivity index (χ4n) is 4.91. The molecule has 1 aliphatic rings. The molecule has 3 aromatic carbocycles. The number of carbonyl (C=O) groups is 2. The normalized spacial score (nSPS) is 13.0. The van der Waals surface area contributed by atoms with Crippen molar-refractivity contribution in [1.82, 2.24) is 5.32 Å². The first-order valence-corrected chi connectivity index (χ1v) is 13.2. The van der Waals surface area contributed by atoms with Crippen molar-refractivity contribution in [2.75, 3.05) is 13.2 Å². The topological polar surface area (TPSA) is 64.6 Å². The number of ether oxygens (including phenoxy) is 2. The van der Waals surface area contributed by atoms with Gasteiger partial charge in [0, 0.05) is 12.3 Å². The van der Waals surface area contributed by atoms with Gasteiger partial charge >= 0.3 is 12.1 Å². The molecule has 1 amide bonds. The van der Waals surface area contributed by atoms with Gasteiger partial charge in [0.2, 0.25) is 0 Å². The lowest BCUT2D eigenvalue weighted by Gasteiger charge is -2.19. The van der Waals surface area contributed by atoms with Crippen LogP contribution in [-0.2, 0) is 27.1 Å². The fraction of sp³-hybridized carbons (Fsp3) is 0.273. The van der Waals surface area contributed by atoms with Crippen molar-refractivity contribution < 1.29 is 19.1 Å². The molecule has 5 heteroatoms. The monoisotopic (exact) mass is 509 g/mol. The zero-order valence-electron chi connectivity index (χ0n) is 21.9. The van der Waals surface area contributed by atoms with Crippen molar-refractivity contribution in [3.05, 3.63) is 120 Å². The highest BCUT2D eigenvalue weighted by Crippen LogP contribution is 2.44. The summed E-state index contributed by atoms with van der Waals surface area (Å²) in [4.78, 5) is 25.5. The van der Waals surface area contributed by atoms with E-state index in [4.69, 9.17) is 9.47 Å². The SMILES string of the molecule is C=C/C=C/CCCc1ccc(CC(NC(=O)OCC2c3ccccc3-c3ccccc32)C(=O)OCC)cc1. The molecule has 0 radical (unpaired) electrons. The molecule has 0 fully saturated rings. The molecular weight excluding hydrogens is 474 g/mol. The Bertz CT molecular complexity index is 1230. The summed E-state index contributed by atoms with van der Waals surface area (Å²) in [6.45, 7) is 5.86. The van der Waals surface area contributed by atoms with E-state index in [0.717, 1.165) is 47.1 Å². The molecule has 38 heavy (non-hydrogen) atoms. The summed E-state index contributed by atoms with van der Waals surface area (Å²) in [5.74, 6) is -0.520. The van der Waals surface area contributed by atoms with Gasteiger partial charge in [-0.3, -0.25) is 0 Å². The molecule has 0 aliphatic heterocycles. The summed E-state index contributed by atoms with van der Waals surface area (Å²) >= 11 is 0. The lowest BCUT2D eigenvalue weighted by atomic mass is 9.98. The van der Waals surface area contributed by atoms with Crippen LogP contribution in [0.5, 0.6) is 0 Å². The summed E-state index contributed by atoms with van der Waals surface area (Å²) in [6.07, 6.45) is 8.58. The molecule has 4 rings (SSSR count). The lowest BCUT2D eigenvalue weighted by Crippen LogP contribution is -2.44. The molecule has 0 heterocycles. The first-order chi connectivity index (χ1) is 18.6. The zero-order chi connectivity index (χ0) is 26.7. The van der Waals surface area contributed by atoms with E-state index < -0.39 is 18.1 Å². The fourth-order valence-corrected chi connectivity index (χ4v) is 4.91. The smallest absolute Gasteiger partial charge is 0.407 e. The van der Waals surface area contributed by atoms with Gasteiger partial charge in [0.15, 0.2) is 0 Å². The van der Waals surface area contributed by atoms with Crippen LogP contribution in [0.4, 0.5) is 4.79 Å². The predicted octanol–water partition coefficient (Wildman–Crippen LogP) is 6.76. The van der Waals surface area contributed by atoms with Gasteiger partial charge < -0.3 is 14.8 Å². The molecule has 0 saturated carbocycles. The summed E-state index contributed by atoms with van der Waals surface area (Å²) in [5.41, 5.74) is 6.78. The van der Waals surface area contributed by atoms with Gasteiger partial charge in [0.1, 0.15) is 12.6 Å². The number of esters is 1. The first kappa shape index (κ1) is 26.9. The third kappa shape index (κ3) is 6.80. The molecule has 5 nitrogen and oxygen atoms in total. The molecule has 196 valence electrons. The lowest BCUT2D eigenvalue weighted by molar-refractivity contribution is -0.145. The van der Waals surface area contributed by atoms with Gasteiger partial charge in [0.05, 0.1) is 6.61 Å². The van der Waals surface area contributed by atoms with E-state index in [1.54, 1.807) is 13.0 Å². The number of allylic oxidation sites excluding steroid dienone is 3. The molecule has 0 spiro atoms. The van der Waals surface area contributed by atoms with Gasteiger partial charge in [-0.2, -0.15) is 0 Å².